The van der Waals surface area contributed by atoms with Gasteiger partial charge in [0.1, 0.15) is 0 Å². The lowest BCUT2D eigenvalue weighted by molar-refractivity contribution is 0.545. The Labute approximate surface area is 131 Å². The molecular weight excluding hydrogens is 254 g/mol. The van der Waals surface area contributed by atoms with Crippen molar-refractivity contribution in [2.75, 3.05) is 18.0 Å². The molecule has 0 spiro atoms. The first-order chi connectivity index (χ1) is 10.3. The summed E-state index contributed by atoms with van der Waals surface area (Å²) in [7, 11) is 0. The largest absolute Gasteiger partial charge is 0.371 e. The minimum atomic E-state index is 0.936. The van der Waals surface area contributed by atoms with E-state index in [1.807, 2.05) is 0 Å². The van der Waals surface area contributed by atoms with E-state index in [-0.39, 0.29) is 0 Å². The fourth-order valence-electron chi connectivity index (χ4n) is 3.57. The van der Waals surface area contributed by atoms with Gasteiger partial charge in [-0.2, -0.15) is 0 Å². The number of para-hydroxylation sites is 1. The van der Waals surface area contributed by atoms with E-state index < -0.39 is 0 Å². The van der Waals surface area contributed by atoms with E-state index in [1.54, 1.807) is 5.56 Å². The van der Waals surface area contributed by atoms with Crippen molar-refractivity contribution in [3.63, 3.8) is 0 Å². The summed E-state index contributed by atoms with van der Waals surface area (Å²) in [6.07, 6.45) is 12.3. The minimum absolute atomic E-state index is 0.936. The third kappa shape index (κ3) is 5.05. The van der Waals surface area contributed by atoms with E-state index in [4.69, 9.17) is 0 Å². The molecule has 1 nitrogen and oxygen atoms in total. The molecule has 21 heavy (non-hydrogen) atoms. The van der Waals surface area contributed by atoms with Crippen LogP contribution >= 0.6 is 0 Å². The molecule has 1 aliphatic rings. The van der Waals surface area contributed by atoms with Crippen molar-refractivity contribution in [1.82, 2.24) is 0 Å². The Morgan fingerprint density at radius 3 is 2.19 bits per heavy atom. The molecule has 2 rings (SSSR count). The maximum Gasteiger partial charge on any atom is 0.0398 e. The molecular formula is C20H33N. The smallest absolute Gasteiger partial charge is 0.0398 e. The average Bonchev–Trinajstić information content (AvgIpc) is 3.01. The fourth-order valence-corrected chi connectivity index (χ4v) is 3.57. The van der Waals surface area contributed by atoms with E-state index in [0.717, 1.165) is 5.92 Å². The number of unbranched alkanes of at least 4 members (excludes halogenated alkanes) is 2. The van der Waals surface area contributed by atoms with E-state index in [2.05, 4.69) is 43.0 Å². The van der Waals surface area contributed by atoms with Crippen LogP contribution in [0, 0.1) is 5.92 Å². The van der Waals surface area contributed by atoms with Gasteiger partial charge in [-0.1, -0.05) is 70.6 Å². The van der Waals surface area contributed by atoms with Crippen molar-refractivity contribution in [2.24, 2.45) is 5.92 Å². The number of rotatable bonds is 9. The van der Waals surface area contributed by atoms with Gasteiger partial charge in [0, 0.05) is 18.8 Å². The molecule has 1 aliphatic carbocycles. The molecule has 1 heteroatoms. The predicted molar refractivity (Wildman–Crippen MR) is 94.1 cm³/mol. The summed E-state index contributed by atoms with van der Waals surface area (Å²) in [5.41, 5.74) is 3.11. The Kier molecular flexibility index (Phi) is 7.12. The van der Waals surface area contributed by atoms with Gasteiger partial charge >= 0.3 is 0 Å². The summed E-state index contributed by atoms with van der Waals surface area (Å²) in [6, 6.07) is 9.18. The van der Waals surface area contributed by atoms with Crippen molar-refractivity contribution < 1.29 is 0 Å². The van der Waals surface area contributed by atoms with Gasteiger partial charge in [0.2, 0.25) is 0 Å². The molecule has 1 saturated carbocycles. The quantitative estimate of drug-likeness (QED) is 0.552. The highest BCUT2D eigenvalue weighted by Gasteiger charge is 2.18. The molecule has 0 N–H and O–H groups in total. The van der Waals surface area contributed by atoms with Gasteiger partial charge in [-0.3, -0.25) is 0 Å². The third-order valence-electron chi connectivity index (χ3n) is 4.88. The summed E-state index contributed by atoms with van der Waals surface area (Å²) in [4.78, 5) is 2.65. The van der Waals surface area contributed by atoms with Gasteiger partial charge in [0.25, 0.3) is 0 Å². The van der Waals surface area contributed by atoms with Crippen molar-refractivity contribution in [3.8, 4) is 0 Å². The van der Waals surface area contributed by atoms with Gasteiger partial charge < -0.3 is 4.90 Å². The first kappa shape index (κ1) is 16.4. The standard InChI is InChI=1S/C20H33N/c1-3-5-15-21(16-6-4-2)20-14-10-9-13-19(20)17-18-11-7-8-12-18/h9-10,13-14,18H,3-8,11-12,15-17H2,1-2H3. The number of hydrogen-bond acceptors (Lipinski definition) is 1. The van der Waals surface area contributed by atoms with Crippen LogP contribution in [0.15, 0.2) is 24.3 Å². The number of nitrogens with zero attached hydrogens (tertiary/aromatic N) is 1. The number of benzene rings is 1. The highest BCUT2D eigenvalue weighted by Crippen LogP contribution is 2.31. The van der Waals surface area contributed by atoms with Gasteiger partial charge in [0.05, 0.1) is 0 Å². The zero-order chi connectivity index (χ0) is 14.9. The molecule has 0 unspecified atom stereocenters. The molecule has 0 radical (unpaired) electrons. The fraction of sp³-hybridized carbons (Fsp3) is 0.700. The lowest BCUT2D eigenvalue weighted by atomic mass is 9.96. The minimum Gasteiger partial charge on any atom is -0.371 e. The Balaban J connectivity index is 2.09. The monoisotopic (exact) mass is 287 g/mol. The highest BCUT2D eigenvalue weighted by atomic mass is 15.1. The molecule has 0 heterocycles. The predicted octanol–water partition coefficient (Wildman–Crippen LogP) is 5.83. The molecule has 1 fully saturated rings. The lowest BCUT2D eigenvalue weighted by Gasteiger charge is -2.28. The van der Waals surface area contributed by atoms with Gasteiger partial charge in [0.15, 0.2) is 0 Å². The lowest BCUT2D eigenvalue weighted by Crippen LogP contribution is -2.27. The molecule has 1 aromatic carbocycles. The first-order valence-electron chi connectivity index (χ1n) is 9.18. The number of hydrogen-bond donors (Lipinski definition) is 0. The maximum atomic E-state index is 2.65. The van der Waals surface area contributed by atoms with Gasteiger partial charge in [-0.15, -0.1) is 0 Å². The zero-order valence-corrected chi connectivity index (χ0v) is 14.1. The Morgan fingerprint density at radius 1 is 0.952 bits per heavy atom. The van der Waals surface area contributed by atoms with Gasteiger partial charge in [-0.25, -0.2) is 0 Å². The van der Waals surface area contributed by atoms with E-state index in [1.165, 1.54) is 76.6 Å². The summed E-state index contributed by atoms with van der Waals surface area (Å²) in [5, 5.41) is 0. The summed E-state index contributed by atoms with van der Waals surface area (Å²) in [5.74, 6) is 0.936. The van der Waals surface area contributed by atoms with Crippen LogP contribution in [-0.2, 0) is 6.42 Å². The Hall–Kier alpha value is -0.980. The third-order valence-corrected chi connectivity index (χ3v) is 4.88. The van der Waals surface area contributed by atoms with Crippen LogP contribution in [-0.4, -0.2) is 13.1 Å². The summed E-state index contributed by atoms with van der Waals surface area (Å²) >= 11 is 0. The number of anilines is 1. The second-order valence-corrected chi connectivity index (χ2v) is 6.68. The normalized spacial score (nSPS) is 15.5. The van der Waals surface area contributed by atoms with Crippen LogP contribution in [0.5, 0.6) is 0 Å². The van der Waals surface area contributed by atoms with Crippen molar-refractivity contribution >= 4 is 5.69 Å². The topological polar surface area (TPSA) is 3.24 Å². The van der Waals surface area contributed by atoms with Gasteiger partial charge in [-0.05, 0) is 36.8 Å². The highest BCUT2D eigenvalue weighted by molar-refractivity contribution is 5.53. The van der Waals surface area contributed by atoms with Crippen LogP contribution in [0.1, 0.15) is 70.8 Å². The Bertz CT molecular complexity index is 385. The first-order valence-corrected chi connectivity index (χ1v) is 9.18. The molecule has 0 bridgehead atoms. The van der Waals surface area contributed by atoms with Crippen molar-refractivity contribution in [1.29, 1.82) is 0 Å². The molecule has 118 valence electrons. The Morgan fingerprint density at radius 2 is 1.57 bits per heavy atom. The van der Waals surface area contributed by atoms with Crippen LogP contribution in [0.4, 0.5) is 5.69 Å². The SMILES string of the molecule is CCCCN(CCCC)c1ccccc1CC1CCCC1. The zero-order valence-electron chi connectivity index (χ0n) is 14.1. The van der Waals surface area contributed by atoms with E-state index in [0.29, 0.717) is 0 Å². The van der Waals surface area contributed by atoms with E-state index in [9.17, 15) is 0 Å². The summed E-state index contributed by atoms with van der Waals surface area (Å²) < 4.78 is 0. The second-order valence-electron chi connectivity index (χ2n) is 6.68. The maximum absolute atomic E-state index is 2.65. The molecule has 0 saturated heterocycles. The molecule has 0 atom stereocenters. The second kappa shape index (κ2) is 9.12. The molecule has 1 aromatic rings. The van der Waals surface area contributed by atoms with Crippen LogP contribution in [0.25, 0.3) is 0 Å². The van der Waals surface area contributed by atoms with Crippen LogP contribution in [0.2, 0.25) is 0 Å². The molecule has 0 amide bonds. The summed E-state index contributed by atoms with van der Waals surface area (Å²) in [6.45, 7) is 7.03. The van der Waals surface area contributed by atoms with Crippen LogP contribution < -0.4 is 4.90 Å². The molecule has 0 aliphatic heterocycles. The van der Waals surface area contributed by atoms with Crippen molar-refractivity contribution in [2.45, 2.75) is 71.6 Å². The molecule has 0 aromatic heterocycles. The average molecular weight is 287 g/mol. The van der Waals surface area contributed by atoms with E-state index >= 15 is 0 Å². The van der Waals surface area contributed by atoms with Crippen LogP contribution in [0.3, 0.4) is 0 Å². The van der Waals surface area contributed by atoms with Crippen molar-refractivity contribution in [3.05, 3.63) is 29.8 Å².